The first-order valence-electron chi connectivity index (χ1n) is 26.5. The second-order valence-electron chi connectivity index (χ2n) is 17.5. The molecule has 0 unspecified atom stereocenters. The maximum absolute atomic E-state index is 3.95. The summed E-state index contributed by atoms with van der Waals surface area (Å²) in [7, 11) is 0. The number of H-pyrrole nitrogens is 1. The van der Waals surface area contributed by atoms with Gasteiger partial charge in [-0.3, -0.25) is 0 Å². The molecule has 0 amide bonds. The number of nitrogens with one attached hydrogen (secondary N) is 2. The lowest BCUT2D eigenvalue weighted by atomic mass is 9.89. The van der Waals surface area contributed by atoms with Crippen LogP contribution in [0.1, 0.15) is 72.1 Å². The van der Waals surface area contributed by atoms with E-state index in [0.29, 0.717) is 0 Å². The molecule has 2 N–H and O–H groups in total. The van der Waals surface area contributed by atoms with Crippen molar-refractivity contribution in [3.63, 3.8) is 0 Å². The summed E-state index contributed by atoms with van der Waals surface area (Å²) in [6.45, 7) is 31.1. The van der Waals surface area contributed by atoms with Crippen molar-refractivity contribution >= 4 is 70.9 Å². The van der Waals surface area contributed by atoms with Crippen molar-refractivity contribution in [2.75, 3.05) is 0 Å². The molecule has 0 aliphatic heterocycles. The number of hydrogen-bond acceptors (Lipinski definition) is 1. The summed E-state index contributed by atoms with van der Waals surface area (Å²) in [4.78, 5) is 3.71. The molecule has 75 heavy (non-hydrogen) atoms. The summed E-state index contributed by atoms with van der Waals surface area (Å²) in [5.74, 6) is 0. The Balaban J connectivity index is 0.000000260. The van der Waals surface area contributed by atoms with E-state index in [1.165, 1.54) is 104 Å². The number of aromatic nitrogens is 2. The van der Waals surface area contributed by atoms with Gasteiger partial charge in [-0.05, 0) is 114 Å². The highest BCUT2D eigenvalue weighted by Gasteiger charge is 2.18. The fourth-order valence-corrected chi connectivity index (χ4v) is 9.46. The molecule has 12 rings (SSSR count). The minimum Gasteiger partial charge on any atom is -0.360 e. The van der Waals surface area contributed by atoms with Crippen LogP contribution in [0.4, 0.5) is 0 Å². The van der Waals surface area contributed by atoms with Gasteiger partial charge >= 0.3 is 0 Å². The Morgan fingerprint density at radius 2 is 0.933 bits per heavy atom. The smallest absolute Gasteiger partial charge is 0.0544 e. The fourth-order valence-electron chi connectivity index (χ4n) is 9.46. The Bertz CT molecular complexity index is 3790. The molecule has 0 aliphatic rings. The average molecular weight is 982 g/mol. The number of aryl methyl sites for hydroxylation is 2. The van der Waals surface area contributed by atoms with Crippen LogP contribution >= 0.6 is 0 Å². The number of aromatic amines is 1. The summed E-state index contributed by atoms with van der Waals surface area (Å²) in [5, 5.41) is 13.2. The summed E-state index contributed by atoms with van der Waals surface area (Å²) >= 11 is 0. The molecule has 0 radical (unpaired) electrons. The van der Waals surface area contributed by atoms with Crippen molar-refractivity contribution < 1.29 is 0 Å². The van der Waals surface area contributed by atoms with Crippen LogP contribution in [0.5, 0.6) is 0 Å². The Kier molecular flexibility index (Phi) is 20.3. The number of fused-ring (bicyclic) bond motifs is 9. The van der Waals surface area contributed by atoms with E-state index in [4.69, 9.17) is 0 Å². The van der Waals surface area contributed by atoms with E-state index < -0.39 is 0 Å². The molecule has 0 spiro atoms. The monoisotopic (exact) mass is 982 g/mol. The average Bonchev–Trinajstić information content (AvgIpc) is 4.03. The predicted octanol–water partition coefficient (Wildman–Crippen LogP) is 21.4. The quantitative estimate of drug-likeness (QED) is 0.160. The third-order valence-corrected chi connectivity index (χ3v) is 12.5. The Morgan fingerprint density at radius 3 is 1.53 bits per heavy atom. The lowest BCUT2D eigenvalue weighted by Gasteiger charge is -2.15. The van der Waals surface area contributed by atoms with Gasteiger partial charge in [0.25, 0.3) is 0 Å². The zero-order valence-electron chi connectivity index (χ0n) is 45.9. The predicted molar refractivity (Wildman–Crippen MR) is 335 cm³/mol. The van der Waals surface area contributed by atoms with Gasteiger partial charge in [-0.25, -0.2) is 0 Å². The first kappa shape index (κ1) is 55.7. The maximum atomic E-state index is 3.95. The topological polar surface area (TPSA) is 32.8 Å². The molecule has 0 atom stereocenters. The van der Waals surface area contributed by atoms with Gasteiger partial charge in [0.05, 0.1) is 16.6 Å². The zero-order chi connectivity index (χ0) is 53.9. The first-order valence-corrected chi connectivity index (χ1v) is 26.5. The van der Waals surface area contributed by atoms with Crippen molar-refractivity contribution in [3.8, 4) is 27.9 Å². The standard InChI is InChI=1S/C44H28N2.C12H15N.C7H8.C3H6.3C2H6/c1-2-12-29(13-3-1)46-42-21-11-9-18-36(42)39-26-28(22-25-43(39)46)30-23-24-34(32-15-5-4-14-31(30)32)38-27-40-35-17-8-10-20-41(35)45-44(40)37-19-7-6-16-33(37)38;1-9(2)13-11(4)12-8-6-5-7-10(12)3;1-7-5-3-2-4-6-7;1-3-2;3*1-2/h1-27,45H;5-8,13H,1,4H2,2-3H3;2-6H,1H3;3H,1H2,2H3;3*1-2H3. The van der Waals surface area contributed by atoms with Crippen molar-refractivity contribution in [1.29, 1.82) is 0 Å². The molecule has 0 bridgehead atoms. The van der Waals surface area contributed by atoms with Crippen LogP contribution in [-0.4, -0.2) is 9.55 Å². The molecule has 378 valence electrons. The molecule has 2 aromatic heterocycles. The molecule has 0 saturated heterocycles. The van der Waals surface area contributed by atoms with E-state index in [9.17, 15) is 0 Å². The minimum atomic E-state index is 0.908. The molecule has 10 aromatic carbocycles. The van der Waals surface area contributed by atoms with E-state index in [1.807, 2.05) is 91.8 Å². The van der Waals surface area contributed by atoms with E-state index in [1.54, 1.807) is 6.08 Å². The van der Waals surface area contributed by atoms with Crippen molar-refractivity contribution in [2.45, 2.75) is 69.2 Å². The molecular weight excluding hydrogens is 907 g/mol. The number of benzene rings is 10. The van der Waals surface area contributed by atoms with E-state index >= 15 is 0 Å². The highest BCUT2D eigenvalue weighted by molar-refractivity contribution is 6.22. The number of hydrogen-bond donors (Lipinski definition) is 2. The van der Waals surface area contributed by atoms with Crippen molar-refractivity contribution in [3.05, 3.63) is 267 Å². The minimum absolute atomic E-state index is 0.908. The second-order valence-corrected chi connectivity index (χ2v) is 17.5. The number of rotatable bonds is 6. The lowest BCUT2D eigenvalue weighted by Crippen LogP contribution is -2.08. The van der Waals surface area contributed by atoms with Gasteiger partial charge in [-0.15, -0.1) is 6.58 Å². The molecule has 3 heteroatoms. The lowest BCUT2D eigenvalue weighted by molar-refractivity contribution is 1.09. The summed E-state index contributed by atoms with van der Waals surface area (Å²) < 4.78 is 2.38. The third kappa shape index (κ3) is 12.6. The van der Waals surface area contributed by atoms with Crippen LogP contribution in [0.2, 0.25) is 0 Å². The first-order chi connectivity index (χ1) is 36.7. The van der Waals surface area contributed by atoms with Gasteiger partial charge in [-0.1, -0.05) is 242 Å². The van der Waals surface area contributed by atoms with E-state index in [-0.39, 0.29) is 0 Å². The molecule has 0 aliphatic carbocycles. The van der Waals surface area contributed by atoms with Crippen LogP contribution in [-0.2, 0) is 0 Å². The van der Waals surface area contributed by atoms with Crippen LogP contribution < -0.4 is 5.32 Å². The van der Waals surface area contributed by atoms with Crippen LogP contribution in [0.15, 0.2) is 250 Å². The second kappa shape index (κ2) is 27.4. The maximum Gasteiger partial charge on any atom is 0.0544 e. The Morgan fingerprint density at radius 1 is 0.453 bits per heavy atom. The Labute approximate surface area is 447 Å². The van der Waals surface area contributed by atoms with Crippen molar-refractivity contribution in [2.24, 2.45) is 0 Å². The third-order valence-electron chi connectivity index (χ3n) is 12.5. The van der Waals surface area contributed by atoms with Gasteiger partial charge in [-0.2, -0.15) is 0 Å². The van der Waals surface area contributed by atoms with Crippen LogP contribution in [0.3, 0.4) is 0 Å². The van der Waals surface area contributed by atoms with Gasteiger partial charge in [0.15, 0.2) is 0 Å². The summed E-state index contributed by atoms with van der Waals surface area (Å²) in [6, 6.07) is 78.1. The summed E-state index contributed by atoms with van der Waals surface area (Å²) in [5.41, 5.74) is 16.5. The van der Waals surface area contributed by atoms with Gasteiger partial charge in [0.2, 0.25) is 0 Å². The zero-order valence-corrected chi connectivity index (χ0v) is 45.9. The highest BCUT2D eigenvalue weighted by atomic mass is 15.0. The molecule has 2 heterocycles. The highest BCUT2D eigenvalue weighted by Crippen LogP contribution is 2.43. The molecule has 0 fully saturated rings. The number of para-hydroxylation sites is 3. The number of allylic oxidation sites excluding steroid dienone is 2. The van der Waals surface area contributed by atoms with Gasteiger partial charge < -0.3 is 14.9 Å². The van der Waals surface area contributed by atoms with Gasteiger partial charge in [0, 0.05) is 55.1 Å². The van der Waals surface area contributed by atoms with E-state index in [2.05, 4.69) is 230 Å². The van der Waals surface area contributed by atoms with Gasteiger partial charge in [0.1, 0.15) is 0 Å². The van der Waals surface area contributed by atoms with E-state index in [0.717, 1.165) is 17.0 Å². The molecule has 3 nitrogen and oxygen atoms in total. The molecular formula is C72H75N3. The molecule has 0 saturated carbocycles. The van der Waals surface area contributed by atoms with Crippen LogP contribution in [0, 0.1) is 13.8 Å². The Hall–Kier alpha value is -8.66. The summed E-state index contributed by atoms with van der Waals surface area (Å²) in [6.07, 6.45) is 1.75. The fraction of sp³-hybridized carbons (Fsp3) is 0.139. The van der Waals surface area contributed by atoms with Crippen molar-refractivity contribution in [1.82, 2.24) is 14.9 Å². The largest absolute Gasteiger partial charge is 0.360 e. The van der Waals surface area contributed by atoms with Crippen LogP contribution in [0.25, 0.3) is 98.8 Å². The molecule has 12 aromatic rings. The number of nitrogens with zero attached hydrogens (tertiary/aromatic N) is 1. The normalized spacial score (nSPS) is 10.2. The SMILES string of the molecule is C=C(C)NC(=C)c1ccccc1C.C=CC.CC.CC.CC.Cc1ccccc1.c1ccc(-n2c3ccccc3c3cc(-c4ccc(-c5cc6c7ccccc7[nH]c6c6ccccc56)c5ccccc45)ccc32)cc1.